The van der Waals surface area contributed by atoms with Crippen LogP contribution in [0.1, 0.15) is 11.1 Å². The number of anilines is 1. The highest BCUT2D eigenvalue weighted by atomic mass is 32.1. The molecule has 0 aliphatic rings. The summed E-state index contributed by atoms with van der Waals surface area (Å²) in [6, 6.07) is 22.4. The Morgan fingerprint density at radius 1 is 1.00 bits per heavy atom. The average Bonchev–Trinajstić information content (AvgIpc) is 3.07. The van der Waals surface area contributed by atoms with Gasteiger partial charge >= 0.3 is 0 Å². The average molecular weight is 346 g/mol. The summed E-state index contributed by atoms with van der Waals surface area (Å²) in [4.78, 5) is 4.90. The molecule has 0 spiro atoms. The summed E-state index contributed by atoms with van der Waals surface area (Å²) >= 11 is 1.67. The maximum atomic E-state index is 6.13. The Labute approximate surface area is 150 Å². The molecule has 4 rings (SSSR count). The van der Waals surface area contributed by atoms with Crippen LogP contribution in [0.15, 0.2) is 66.7 Å². The number of aromatic nitrogens is 1. The molecule has 0 saturated carbocycles. The molecule has 0 fully saturated rings. The summed E-state index contributed by atoms with van der Waals surface area (Å²) < 4.78 is 6.35. The number of hydrogen-bond donors (Lipinski definition) is 1. The molecule has 0 atom stereocenters. The summed E-state index contributed by atoms with van der Waals surface area (Å²) in [6.45, 7) is 0. The molecule has 0 unspecified atom stereocenters. The van der Waals surface area contributed by atoms with Crippen molar-refractivity contribution in [3.05, 3.63) is 77.9 Å². The van der Waals surface area contributed by atoms with Crippen LogP contribution in [0, 0.1) is 0 Å². The van der Waals surface area contributed by atoms with E-state index >= 15 is 0 Å². The number of ether oxygens (including phenoxy) is 1. The van der Waals surface area contributed by atoms with Crippen LogP contribution in [-0.2, 0) is 6.42 Å². The second kappa shape index (κ2) is 6.57. The number of thiazole rings is 1. The fraction of sp³-hybridized carbons (Fsp3) is 0.0952. The summed E-state index contributed by atoms with van der Waals surface area (Å²) in [7, 11) is 1.67. The summed E-state index contributed by atoms with van der Waals surface area (Å²) in [6.07, 6.45) is 0.828. The van der Waals surface area contributed by atoms with Crippen LogP contribution in [0.3, 0.4) is 0 Å². The largest absolute Gasteiger partial charge is 0.497 e. The molecular formula is C21H18N2OS. The van der Waals surface area contributed by atoms with Crippen molar-refractivity contribution in [1.82, 2.24) is 4.98 Å². The van der Waals surface area contributed by atoms with Gasteiger partial charge in [-0.15, -0.1) is 11.3 Å². The number of fused-ring (bicyclic) bond motifs is 1. The van der Waals surface area contributed by atoms with Crippen molar-refractivity contribution in [2.75, 3.05) is 12.8 Å². The number of nitrogen functional groups attached to an aromatic ring is 1. The van der Waals surface area contributed by atoms with Crippen molar-refractivity contribution < 1.29 is 4.74 Å². The van der Waals surface area contributed by atoms with E-state index in [0.29, 0.717) is 0 Å². The third-order valence-corrected chi connectivity index (χ3v) is 5.22. The zero-order valence-electron chi connectivity index (χ0n) is 13.9. The van der Waals surface area contributed by atoms with Crippen molar-refractivity contribution in [3.8, 4) is 16.3 Å². The molecule has 25 heavy (non-hydrogen) atoms. The summed E-state index contributed by atoms with van der Waals surface area (Å²) in [5.41, 5.74) is 11.5. The summed E-state index contributed by atoms with van der Waals surface area (Å²) in [5, 5.41) is 0.998. The van der Waals surface area contributed by atoms with E-state index in [1.165, 1.54) is 5.56 Å². The Morgan fingerprint density at radius 2 is 1.76 bits per heavy atom. The van der Waals surface area contributed by atoms with Gasteiger partial charge in [-0.05, 0) is 53.9 Å². The summed E-state index contributed by atoms with van der Waals surface area (Å²) in [5.74, 6) is 0.846. The second-order valence-corrected chi connectivity index (χ2v) is 6.97. The van der Waals surface area contributed by atoms with Gasteiger partial charge in [-0.3, -0.25) is 0 Å². The van der Waals surface area contributed by atoms with E-state index in [9.17, 15) is 0 Å². The van der Waals surface area contributed by atoms with Crippen molar-refractivity contribution in [2.24, 2.45) is 0 Å². The predicted molar refractivity (Wildman–Crippen MR) is 105 cm³/mol. The lowest BCUT2D eigenvalue weighted by Crippen LogP contribution is -1.93. The first-order valence-electron chi connectivity index (χ1n) is 8.10. The highest BCUT2D eigenvalue weighted by Gasteiger charge is 2.12. The van der Waals surface area contributed by atoms with Crippen molar-refractivity contribution in [1.29, 1.82) is 0 Å². The van der Waals surface area contributed by atoms with E-state index in [0.717, 1.165) is 44.2 Å². The molecule has 3 aromatic carbocycles. The van der Waals surface area contributed by atoms with E-state index < -0.39 is 0 Å². The topological polar surface area (TPSA) is 48.1 Å². The Morgan fingerprint density at radius 3 is 2.48 bits per heavy atom. The van der Waals surface area contributed by atoms with E-state index in [2.05, 4.69) is 24.3 Å². The monoisotopic (exact) mass is 346 g/mol. The van der Waals surface area contributed by atoms with Gasteiger partial charge < -0.3 is 10.5 Å². The van der Waals surface area contributed by atoms with Gasteiger partial charge in [0, 0.05) is 11.3 Å². The minimum Gasteiger partial charge on any atom is -0.497 e. The van der Waals surface area contributed by atoms with Crippen molar-refractivity contribution in [3.63, 3.8) is 0 Å². The maximum Gasteiger partial charge on any atom is 0.124 e. The fourth-order valence-electron chi connectivity index (χ4n) is 2.93. The highest BCUT2D eigenvalue weighted by Crippen LogP contribution is 2.34. The molecule has 0 radical (unpaired) electrons. The van der Waals surface area contributed by atoms with Crippen LogP contribution in [0.2, 0.25) is 0 Å². The molecule has 0 aliphatic carbocycles. The zero-order valence-corrected chi connectivity index (χ0v) is 14.7. The van der Waals surface area contributed by atoms with Gasteiger partial charge in [0.15, 0.2) is 0 Å². The molecule has 0 saturated heterocycles. The lowest BCUT2D eigenvalue weighted by atomic mass is 10.0. The van der Waals surface area contributed by atoms with Crippen LogP contribution in [-0.4, -0.2) is 12.1 Å². The Hall–Kier alpha value is -2.85. The van der Waals surface area contributed by atoms with E-state index in [1.807, 2.05) is 42.5 Å². The van der Waals surface area contributed by atoms with Gasteiger partial charge in [0.1, 0.15) is 10.8 Å². The first kappa shape index (κ1) is 15.7. The third-order valence-electron chi connectivity index (χ3n) is 4.17. The molecule has 4 heteroatoms. The van der Waals surface area contributed by atoms with Crippen LogP contribution in [0.25, 0.3) is 20.8 Å². The number of methoxy groups -OCH3 is 1. The van der Waals surface area contributed by atoms with Crippen LogP contribution in [0.5, 0.6) is 5.75 Å². The van der Waals surface area contributed by atoms with Gasteiger partial charge in [0.05, 0.1) is 17.3 Å². The molecule has 3 nitrogen and oxygen atoms in total. The molecule has 4 aromatic rings. The Balaban J connectivity index is 1.77. The number of nitrogens with two attached hydrogens (primary N) is 1. The molecule has 0 amide bonds. The molecule has 124 valence electrons. The molecule has 0 aliphatic heterocycles. The first-order chi connectivity index (χ1) is 12.2. The molecule has 1 heterocycles. The van der Waals surface area contributed by atoms with Gasteiger partial charge in [-0.1, -0.05) is 30.3 Å². The van der Waals surface area contributed by atoms with Gasteiger partial charge in [-0.25, -0.2) is 4.98 Å². The van der Waals surface area contributed by atoms with E-state index in [1.54, 1.807) is 18.4 Å². The number of hydrogen-bond acceptors (Lipinski definition) is 4. The van der Waals surface area contributed by atoms with Gasteiger partial charge in [-0.2, -0.15) is 0 Å². The smallest absolute Gasteiger partial charge is 0.124 e. The third kappa shape index (κ3) is 3.21. The lowest BCUT2D eigenvalue weighted by molar-refractivity contribution is 0.415. The fourth-order valence-corrected chi connectivity index (χ4v) is 4.00. The van der Waals surface area contributed by atoms with Gasteiger partial charge in [0.2, 0.25) is 0 Å². The normalized spacial score (nSPS) is 10.9. The standard InChI is InChI=1S/C21H18N2OS/c1-24-18-9-7-15(8-10-18)21-23-20-16(11-14-5-3-2-4-6-14)12-17(22)13-19(20)25-21/h2-10,12-13H,11,22H2,1H3. The quantitative estimate of drug-likeness (QED) is 0.520. The number of benzene rings is 3. The SMILES string of the molecule is COc1ccc(-c2nc3c(Cc4ccccc4)cc(N)cc3s2)cc1. The van der Waals surface area contributed by atoms with Crippen LogP contribution < -0.4 is 10.5 Å². The Kier molecular flexibility index (Phi) is 4.12. The van der Waals surface area contributed by atoms with Crippen molar-refractivity contribution in [2.45, 2.75) is 6.42 Å². The maximum absolute atomic E-state index is 6.13. The number of rotatable bonds is 4. The molecule has 0 bridgehead atoms. The van der Waals surface area contributed by atoms with E-state index in [-0.39, 0.29) is 0 Å². The van der Waals surface area contributed by atoms with Gasteiger partial charge in [0.25, 0.3) is 0 Å². The Bertz CT molecular complexity index is 1010. The first-order valence-corrected chi connectivity index (χ1v) is 8.92. The molecular weight excluding hydrogens is 328 g/mol. The zero-order chi connectivity index (χ0) is 17.2. The molecule has 2 N–H and O–H groups in total. The van der Waals surface area contributed by atoms with Crippen molar-refractivity contribution >= 4 is 27.2 Å². The van der Waals surface area contributed by atoms with Crippen LogP contribution in [0.4, 0.5) is 5.69 Å². The van der Waals surface area contributed by atoms with E-state index in [4.69, 9.17) is 15.5 Å². The highest BCUT2D eigenvalue weighted by molar-refractivity contribution is 7.21. The molecule has 1 aromatic heterocycles. The number of nitrogens with zero attached hydrogens (tertiary/aromatic N) is 1. The lowest BCUT2D eigenvalue weighted by Gasteiger charge is -2.04. The predicted octanol–water partition coefficient (Wildman–Crippen LogP) is 5.14. The minimum atomic E-state index is 0.781. The minimum absolute atomic E-state index is 0.781. The van der Waals surface area contributed by atoms with Crippen LogP contribution >= 0.6 is 11.3 Å². The second-order valence-electron chi connectivity index (χ2n) is 5.94.